The van der Waals surface area contributed by atoms with Gasteiger partial charge in [0.25, 0.3) is 0 Å². The van der Waals surface area contributed by atoms with Crippen molar-refractivity contribution in [3.63, 3.8) is 0 Å². The van der Waals surface area contributed by atoms with E-state index in [1.165, 1.54) is 26.0 Å². The maximum absolute atomic E-state index is 17.4. The molecule has 6 atom stereocenters. The quantitative estimate of drug-likeness (QED) is 0.616. The molecule has 4 aliphatic carbocycles. The summed E-state index contributed by atoms with van der Waals surface area (Å²) < 4.78 is 28.0. The number of ketones is 2. The minimum Gasteiger partial charge on any atom is -0.459 e. The van der Waals surface area contributed by atoms with Crippen molar-refractivity contribution < 1.29 is 33.0 Å². The van der Waals surface area contributed by atoms with Crippen LogP contribution in [0.25, 0.3) is 0 Å². The zero-order valence-electron chi connectivity index (χ0n) is 18.9. The Morgan fingerprint density at radius 1 is 1.16 bits per heavy atom. The van der Waals surface area contributed by atoms with Crippen molar-refractivity contribution in [3.8, 4) is 0 Å². The molecular weight excluding hydrogens is 415 g/mol. The van der Waals surface area contributed by atoms with Crippen molar-refractivity contribution in [3.05, 3.63) is 35.5 Å². The molecule has 32 heavy (non-hydrogen) atoms. The van der Waals surface area contributed by atoms with E-state index in [0.717, 1.165) is 5.57 Å². The van der Waals surface area contributed by atoms with Gasteiger partial charge in [-0.3, -0.25) is 19.2 Å². The Bertz CT molecular complexity index is 992. The van der Waals surface area contributed by atoms with E-state index in [9.17, 15) is 19.2 Å². The van der Waals surface area contributed by atoms with Gasteiger partial charge in [-0.1, -0.05) is 24.6 Å². The zero-order valence-corrected chi connectivity index (χ0v) is 18.9. The first kappa shape index (κ1) is 22.6. The molecule has 0 aromatic rings. The van der Waals surface area contributed by atoms with Crippen LogP contribution in [0.2, 0.25) is 0 Å². The van der Waals surface area contributed by atoms with E-state index in [0.29, 0.717) is 24.8 Å². The molecule has 0 aromatic carbocycles. The molecule has 2 fully saturated rings. The molecular formula is C25H29FO6. The molecule has 172 valence electrons. The predicted octanol–water partition coefficient (Wildman–Crippen LogP) is 3.60. The van der Waals surface area contributed by atoms with Crippen molar-refractivity contribution >= 4 is 23.5 Å². The lowest BCUT2D eigenvalue weighted by molar-refractivity contribution is -0.206. The summed E-state index contributed by atoms with van der Waals surface area (Å²) in [6, 6.07) is 0. The zero-order chi connectivity index (χ0) is 23.5. The molecule has 0 saturated heterocycles. The smallest absolute Gasteiger partial charge is 0.303 e. The van der Waals surface area contributed by atoms with Crippen molar-refractivity contribution in [2.75, 3.05) is 6.61 Å². The average Bonchev–Trinajstić information content (AvgIpc) is 3.04. The molecule has 4 aliphatic rings. The topological polar surface area (TPSA) is 86.7 Å². The Morgan fingerprint density at radius 3 is 2.53 bits per heavy atom. The van der Waals surface area contributed by atoms with Crippen molar-refractivity contribution in [1.82, 2.24) is 0 Å². The normalized spacial score (nSPS) is 39.8. The van der Waals surface area contributed by atoms with Gasteiger partial charge in [-0.25, -0.2) is 4.39 Å². The van der Waals surface area contributed by atoms with Crippen LogP contribution in [0.15, 0.2) is 35.5 Å². The van der Waals surface area contributed by atoms with Gasteiger partial charge in [0.2, 0.25) is 0 Å². The van der Waals surface area contributed by atoms with Gasteiger partial charge in [0.15, 0.2) is 23.8 Å². The van der Waals surface area contributed by atoms with Crippen LogP contribution in [0, 0.1) is 22.7 Å². The summed E-state index contributed by atoms with van der Waals surface area (Å²) in [6.07, 6.45) is 7.03. The molecule has 7 heteroatoms. The van der Waals surface area contributed by atoms with Crippen molar-refractivity contribution in [2.45, 2.75) is 65.2 Å². The maximum Gasteiger partial charge on any atom is 0.303 e. The number of ether oxygens (including phenoxy) is 2. The van der Waals surface area contributed by atoms with Crippen LogP contribution < -0.4 is 0 Å². The highest BCUT2D eigenvalue weighted by molar-refractivity contribution is 6.01. The molecule has 2 saturated carbocycles. The molecule has 0 amide bonds. The number of hydrogen-bond acceptors (Lipinski definition) is 6. The number of allylic oxidation sites excluding steroid dienone is 5. The number of Topliss-reactive ketones (excluding diaryl/α,β-unsaturated/α-hetero) is 1. The highest BCUT2D eigenvalue weighted by Gasteiger charge is 2.71. The second-order valence-electron chi connectivity index (χ2n) is 9.90. The molecule has 0 aromatic heterocycles. The maximum atomic E-state index is 17.4. The van der Waals surface area contributed by atoms with Crippen LogP contribution in [0.1, 0.15) is 53.4 Å². The van der Waals surface area contributed by atoms with Gasteiger partial charge in [0.05, 0.1) is 0 Å². The van der Waals surface area contributed by atoms with Crippen LogP contribution in [0.5, 0.6) is 0 Å². The van der Waals surface area contributed by atoms with Gasteiger partial charge in [0.1, 0.15) is 6.10 Å². The van der Waals surface area contributed by atoms with E-state index in [2.05, 4.69) is 0 Å². The fraction of sp³-hybridized carbons (Fsp3) is 0.600. The van der Waals surface area contributed by atoms with E-state index in [1.807, 2.05) is 13.0 Å². The van der Waals surface area contributed by atoms with Gasteiger partial charge in [-0.15, -0.1) is 0 Å². The first-order chi connectivity index (χ1) is 14.9. The average molecular weight is 444 g/mol. The molecule has 4 rings (SSSR count). The largest absolute Gasteiger partial charge is 0.459 e. The minimum absolute atomic E-state index is 0.145. The van der Waals surface area contributed by atoms with Gasteiger partial charge in [-0.05, 0) is 50.7 Å². The SMILES string of the molecule is CC(=O)OCC(=O)C1=CC[C@@H]2[C@H]3CCC4=CC(=O)C=C[C@]4(C)[C@]3(F)[C@@H](OC(C)=O)C[C@@]12C. The summed E-state index contributed by atoms with van der Waals surface area (Å²) >= 11 is 0. The van der Waals surface area contributed by atoms with Gasteiger partial charge in [-0.2, -0.15) is 0 Å². The van der Waals surface area contributed by atoms with Crippen molar-refractivity contribution in [1.29, 1.82) is 0 Å². The number of esters is 2. The number of rotatable bonds is 4. The third-order valence-electron chi connectivity index (χ3n) is 8.21. The third kappa shape index (κ3) is 3.11. The molecule has 0 aliphatic heterocycles. The monoisotopic (exact) mass is 444 g/mol. The summed E-state index contributed by atoms with van der Waals surface area (Å²) in [6.45, 7) is 5.84. The molecule has 0 unspecified atom stereocenters. The van der Waals surface area contributed by atoms with Crippen LogP contribution in [0.4, 0.5) is 4.39 Å². The van der Waals surface area contributed by atoms with Crippen LogP contribution >= 0.6 is 0 Å². The Balaban J connectivity index is 1.76. The molecule has 0 spiro atoms. The standard InChI is InChI=1S/C25H29FO6/c1-14(27)31-13-21(30)20-8-7-18-19-6-5-16-11-17(29)9-10-24(16,4)25(19,26)22(32-15(2)28)12-23(18,20)3/h8-11,18-19,22H,5-7,12-13H2,1-4H3/t18-,19-,22+,23-,24+,25-/m1/s1. The van der Waals surface area contributed by atoms with E-state index >= 15 is 4.39 Å². The summed E-state index contributed by atoms with van der Waals surface area (Å²) in [5.41, 5.74) is -2.45. The van der Waals surface area contributed by atoms with Crippen LogP contribution in [-0.4, -0.2) is 41.9 Å². The Morgan fingerprint density at radius 2 is 1.88 bits per heavy atom. The molecule has 0 radical (unpaired) electrons. The number of halogens is 1. The fourth-order valence-corrected chi connectivity index (χ4v) is 6.75. The van der Waals surface area contributed by atoms with Crippen LogP contribution in [0.3, 0.4) is 0 Å². The highest BCUT2D eigenvalue weighted by atomic mass is 19.1. The summed E-state index contributed by atoms with van der Waals surface area (Å²) in [7, 11) is 0. The number of hydrogen-bond donors (Lipinski definition) is 0. The van der Waals surface area contributed by atoms with Gasteiger partial charge in [0, 0.05) is 36.2 Å². The van der Waals surface area contributed by atoms with E-state index < -0.39 is 40.5 Å². The summed E-state index contributed by atoms with van der Waals surface area (Å²) in [4.78, 5) is 48.1. The van der Waals surface area contributed by atoms with Crippen LogP contribution in [-0.2, 0) is 28.7 Å². The fourth-order valence-electron chi connectivity index (χ4n) is 6.75. The first-order valence-corrected chi connectivity index (χ1v) is 11.1. The second-order valence-corrected chi connectivity index (χ2v) is 9.90. The van der Waals surface area contributed by atoms with E-state index in [-0.39, 0.29) is 30.5 Å². The molecule has 6 nitrogen and oxygen atoms in total. The third-order valence-corrected chi connectivity index (χ3v) is 8.21. The minimum atomic E-state index is -1.91. The summed E-state index contributed by atoms with van der Waals surface area (Å²) in [5, 5.41) is 0. The van der Waals surface area contributed by atoms with Gasteiger partial charge >= 0.3 is 11.9 Å². The molecule has 0 bridgehead atoms. The number of fused-ring (bicyclic) bond motifs is 5. The Kier molecular flexibility index (Phi) is 5.30. The second kappa shape index (κ2) is 7.49. The Labute approximate surface area is 186 Å². The lowest BCUT2D eigenvalue weighted by Gasteiger charge is -2.62. The molecule has 0 heterocycles. The lowest BCUT2D eigenvalue weighted by Crippen LogP contribution is -2.67. The number of carbonyl (C=O) groups is 4. The Hall–Kier alpha value is -2.57. The van der Waals surface area contributed by atoms with Gasteiger partial charge < -0.3 is 9.47 Å². The number of alkyl halides is 1. The highest BCUT2D eigenvalue weighted by Crippen LogP contribution is 2.68. The van der Waals surface area contributed by atoms with E-state index in [4.69, 9.17) is 9.47 Å². The summed E-state index contributed by atoms with van der Waals surface area (Å²) in [5.74, 6) is -2.23. The lowest BCUT2D eigenvalue weighted by atomic mass is 9.45. The number of carbonyl (C=O) groups excluding carboxylic acids is 4. The predicted molar refractivity (Wildman–Crippen MR) is 113 cm³/mol. The van der Waals surface area contributed by atoms with Crippen molar-refractivity contribution in [2.24, 2.45) is 22.7 Å². The van der Waals surface area contributed by atoms with E-state index in [1.54, 1.807) is 13.0 Å². The first-order valence-electron chi connectivity index (χ1n) is 11.1. The molecule has 0 N–H and O–H groups in total.